The lowest BCUT2D eigenvalue weighted by atomic mass is 10.2. The second-order valence-corrected chi connectivity index (χ2v) is 4.99. The van der Waals surface area contributed by atoms with Crippen LogP contribution >= 0.6 is 11.8 Å². The van der Waals surface area contributed by atoms with Crippen molar-refractivity contribution in [3.8, 4) is 0 Å². The summed E-state index contributed by atoms with van der Waals surface area (Å²) in [5, 5.41) is 21.9. The maximum absolute atomic E-state index is 11.4. The van der Waals surface area contributed by atoms with E-state index in [9.17, 15) is 14.4 Å². The second-order valence-electron chi connectivity index (χ2n) is 3.67. The molecule has 2 amide bonds. The number of thioether (sulfide) groups is 1. The fraction of sp³-hybridized carbons (Fsp3) is 0.700. The van der Waals surface area contributed by atoms with Crippen LogP contribution in [0.2, 0.25) is 0 Å². The summed E-state index contributed by atoms with van der Waals surface area (Å²) in [5.41, 5.74) is 0. The molecular formula is C10H18N2O5S. The largest absolute Gasteiger partial charge is 0.481 e. The smallest absolute Gasteiger partial charge is 0.326 e. The molecule has 7 nitrogen and oxygen atoms in total. The van der Waals surface area contributed by atoms with E-state index in [1.165, 1.54) is 0 Å². The quantitative estimate of drug-likeness (QED) is 0.509. The van der Waals surface area contributed by atoms with Gasteiger partial charge in [0, 0.05) is 11.8 Å². The minimum absolute atomic E-state index is 0.116. The van der Waals surface area contributed by atoms with E-state index in [-0.39, 0.29) is 6.04 Å². The van der Waals surface area contributed by atoms with Crippen LogP contribution in [-0.2, 0) is 9.59 Å². The minimum Gasteiger partial charge on any atom is -0.481 e. The van der Waals surface area contributed by atoms with Gasteiger partial charge in [-0.05, 0) is 12.7 Å². The summed E-state index contributed by atoms with van der Waals surface area (Å²) in [5.74, 6) is -1.02. The number of hydrogen-bond donors (Lipinski definition) is 4. The number of carbonyl (C=O) groups is 3. The molecule has 0 heterocycles. The number of carbonyl (C=O) groups excluding carboxylic acids is 1. The Labute approximate surface area is 109 Å². The average molecular weight is 278 g/mol. The summed E-state index contributed by atoms with van der Waals surface area (Å²) in [6, 6.07) is -2.21. The zero-order chi connectivity index (χ0) is 14.1. The molecule has 0 saturated heterocycles. The standard InChI is InChI=1S/C10H18N2O5S/c1-3-18-5-6(2)11-10(17)12-7(9(15)16)4-8(13)14/h6-7H,3-5H2,1-2H3,(H,13,14)(H,15,16)(H2,11,12,17)/t6?,7-/m1/s1. The van der Waals surface area contributed by atoms with Crippen molar-refractivity contribution in [2.45, 2.75) is 32.4 Å². The molecule has 0 saturated carbocycles. The van der Waals surface area contributed by atoms with Gasteiger partial charge in [0.2, 0.25) is 0 Å². The van der Waals surface area contributed by atoms with E-state index in [1.54, 1.807) is 18.7 Å². The SMILES string of the molecule is CCSCC(C)NC(=O)N[C@H](CC(=O)O)C(=O)O. The highest BCUT2D eigenvalue weighted by Gasteiger charge is 2.23. The summed E-state index contributed by atoms with van der Waals surface area (Å²) in [6.45, 7) is 3.78. The lowest BCUT2D eigenvalue weighted by Gasteiger charge is -2.17. The van der Waals surface area contributed by atoms with Crippen LogP contribution in [0.15, 0.2) is 0 Å². The highest BCUT2D eigenvalue weighted by molar-refractivity contribution is 7.99. The summed E-state index contributed by atoms with van der Waals surface area (Å²) in [4.78, 5) is 32.6. The summed E-state index contributed by atoms with van der Waals surface area (Å²) >= 11 is 1.64. The fourth-order valence-corrected chi connectivity index (χ4v) is 1.81. The normalized spacial score (nSPS) is 13.4. The Morgan fingerprint density at radius 1 is 1.22 bits per heavy atom. The Morgan fingerprint density at radius 3 is 2.28 bits per heavy atom. The van der Waals surface area contributed by atoms with Crippen LogP contribution in [0.1, 0.15) is 20.3 Å². The third-order valence-electron chi connectivity index (χ3n) is 1.93. The molecule has 1 unspecified atom stereocenters. The topological polar surface area (TPSA) is 116 Å². The molecule has 0 bridgehead atoms. The van der Waals surface area contributed by atoms with E-state index < -0.39 is 30.4 Å². The van der Waals surface area contributed by atoms with Crippen LogP contribution in [0, 0.1) is 0 Å². The van der Waals surface area contributed by atoms with Gasteiger partial charge in [0.25, 0.3) is 0 Å². The van der Waals surface area contributed by atoms with Gasteiger partial charge >= 0.3 is 18.0 Å². The molecule has 104 valence electrons. The van der Waals surface area contributed by atoms with Crippen LogP contribution in [0.3, 0.4) is 0 Å². The zero-order valence-electron chi connectivity index (χ0n) is 10.3. The molecular weight excluding hydrogens is 260 g/mol. The van der Waals surface area contributed by atoms with Crippen LogP contribution < -0.4 is 10.6 Å². The maximum atomic E-state index is 11.4. The first kappa shape index (κ1) is 16.6. The highest BCUT2D eigenvalue weighted by atomic mass is 32.2. The van der Waals surface area contributed by atoms with Crippen molar-refractivity contribution < 1.29 is 24.6 Å². The summed E-state index contributed by atoms with van der Waals surface area (Å²) in [6.07, 6.45) is -0.652. The van der Waals surface area contributed by atoms with E-state index in [2.05, 4.69) is 10.6 Å². The Bertz CT molecular complexity index is 311. The van der Waals surface area contributed by atoms with Crippen molar-refractivity contribution >= 4 is 29.7 Å². The number of urea groups is 1. The number of carboxylic acids is 2. The first-order chi connectivity index (χ1) is 8.36. The number of rotatable bonds is 8. The molecule has 4 N–H and O–H groups in total. The first-order valence-electron chi connectivity index (χ1n) is 5.46. The monoisotopic (exact) mass is 278 g/mol. The van der Waals surface area contributed by atoms with Crippen LogP contribution in [0.4, 0.5) is 4.79 Å². The number of aliphatic carboxylic acids is 2. The van der Waals surface area contributed by atoms with Gasteiger partial charge in [-0.3, -0.25) is 4.79 Å². The Balaban J connectivity index is 4.17. The Morgan fingerprint density at radius 2 is 1.83 bits per heavy atom. The predicted molar refractivity (Wildman–Crippen MR) is 67.8 cm³/mol. The van der Waals surface area contributed by atoms with Crippen LogP contribution in [0.25, 0.3) is 0 Å². The minimum atomic E-state index is -1.42. The van der Waals surface area contributed by atoms with Gasteiger partial charge in [0.1, 0.15) is 6.04 Å². The fourth-order valence-electron chi connectivity index (χ4n) is 1.13. The summed E-state index contributed by atoms with van der Waals surface area (Å²) in [7, 11) is 0. The molecule has 0 rings (SSSR count). The van der Waals surface area contributed by atoms with E-state index in [0.29, 0.717) is 5.75 Å². The average Bonchev–Trinajstić information content (AvgIpc) is 2.24. The molecule has 8 heteroatoms. The molecule has 0 aliphatic heterocycles. The van der Waals surface area contributed by atoms with E-state index in [0.717, 1.165) is 5.75 Å². The Kier molecular flexibility index (Phi) is 7.93. The molecule has 0 aliphatic carbocycles. The molecule has 0 aromatic carbocycles. The van der Waals surface area contributed by atoms with Gasteiger partial charge in [-0.15, -0.1) is 0 Å². The Hall–Kier alpha value is -1.44. The van der Waals surface area contributed by atoms with Gasteiger partial charge in [0.15, 0.2) is 0 Å². The number of amides is 2. The van der Waals surface area contributed by atoms with Crippen molar-refractivity contribution in [1.82, 2.24) is 10.6 Å². The predicted octanol–water partition coefficient (Wildman–Crippen LogP) is 0.355. The van der Waals surface area contributed by atoms with Crippen molar-refractivity contribution in [3.05, 3.63) is 0 Å². The van der Waals surface area contributed by atoms with Gasteiger partial charge in [-0.25, -0.2) is 9.59 Å². The lowest BCUT2D eigenvalue weighted by molar-refractivity contribution is -0.145. The highest BCUT2D eigenvalue weighted by Crippen LogP contribution is 2.01. The van der Waals surface area contributed by atoms with Crippen LogP contribution in [0.5, 0.6) is 0 Å². The van der Waals surface area contributed by atoms with Crippen molar-refractivity contribution in [1.29, 1.82) is 0 Å². The first-order valence-corrected chi connectivity index (χ1v) is 6.61. The van der Waals surface area contributed by atoms with Gasteiger partial charge < -0.3 is 20.8 Å². The molecule has 2 atom stereocenters. The number of nitrogens with one attached hydrogen (secondary N) is 2. The molecule has 0 aliphatic rings. The lowest BCUT2D eigenvalue weighted by Crippen LogP contribution is -2.49. The zero-order valence-corrected chi connectivity index (χ0v) is 11.1. The van der Waals surface area contributed by atoms with E-state index >= 15 is 0 Å². The van der Waals surface area contributed by atoms with E-state index in [1.807, 2.05) is 6.92 Å². The third kappa shape index (κ3) is 7.77. The number of hydrogen-bond acceptors (Lipinski definition) is 4. The van der Waals surface area contributed by atoms with Gasteiger partial charge in [-0.2, -0.15) is 11.8 Å². The second kappa shape index (κ2) is 8.62. The van der Waals surface area contributed by atoms with Crippen molar-refractivity contribution in [2.75, 3.05) is 11.5 Å². The maximum Gasteiger partial charge on any atom is 0.326 e. The molecule has 0 aromatic rings. The van der Waals surface area contributed by atoms with Crippen molar-refractivity contribution in [2.24, 2.45) is 0 Å². The molecule has 18 heavy (non-hydrogen) atoms. The number of carboxylic acid groups (broad SMARTS) is 2. The molecule has 0 fully saturated rings. The summed E-state index contributed by atoms with van der Waals surface area (Å²) < 4.78 is 0. The third-order valence-corrected chi connectivity index (χ3v) is 3.08. The molecule has 0 spiro atoms. The van der Waals surface area contributed by atoms with Crippen LogP contribution in [-0.4, -0.2) is 51.8 Å². The van der Waals surface area contributed by atoms with Gasteiger partial charge in [-0.1, -0.05) is 6.92 Å². The van der Waals surface area contributed by atoms with Crippen molar-refractivity contribution in [3.63, 3.8) is 0 Å². The molecule has 0 radical (unpaired) electrons. The van der Waals surface area contributed by atoms with E-state index in [4.69, 9.17) is 10.2 Å². The van der Waals surface area contributed by atoms with Gasteiger partial charge in [0.05, 0.1) is 6.42 Å². The molecule has 0 aromatic heterocycles.